The average molecular weight is 353 g/mol. The molecule has 2 aliphatic heterocycles. The normalized spacial score (nSPS) is 20.7. The third-order valence-electron chi connectivity index (χ3n) is 4.69. The molecule has 7 heteroatoms. The fourth-order valence-electron chi connectivity index (χ4n) is 3.06. The highest BCUT2D eigenvalue weighted by atomic mass is 32.1. The number of hydrogen-bond donors (Lipinski definition) is 0. The van der Waals surface area contributed by atoms with Crippen LogP contribution >= 0.6 is 11.3 Å². The van der Waals surface area contributed by atoms with Crippen LogP contribution < -0.4 is 0 Å². The highest BCUT2D eigenvalue weighted by molar-refractivity contribution is 7.11. The molecule has 3 rings (SSSR count). The van der Waals surface area contributed by atoms with E-state index in [0.717, 1.165) is 59.0 Å². The van der Waals surface area contributed by atoms with Crippen LogP contribution in [0.1, 0.15) is 29.7 Å². The quantitative estimate of drug-likeness (QED) is 0.798. The monoisotopic (exact) mass is 352 g/mol. The van der Waals surface area contributed by atoms with E-state index in [1.807, 2.05) is 22.4 Å². The van der Waals surface area contributed by atoms with E-state index < -0.39 is 0 Å². The Labute approximate surface area is 148 Å². The molecular formula is C17H28N4O2S. The molecule has 134 valence electrons. The zero-order valence-electron chi connectivity index (χ0n) is 14.7. The van der Waals surface area contributed by atoms with Gasteiger partial charge >= 0.3 is 0 Å². The summed E-state index contributed by atoms with van der Waals surface area (Å²) in [7, 11) is 0. The molecule has 1 aromatic rings. The van der Waals surface area contributed by atoms with Crippen LogP contribution in [-0.2, 0) is 16.1 Å². The SMILES string of the molecule is CC(C)c1cnc(CN2CCN(C(=O)CN3CCOCC3)CC2)s1. The van der Waals surface area contributed by atoms with Gasteiger partial charge in [0.1, 0.15) is 5.01 Å². The van der Waals surface area contributed by atoms with Gasteiger partial charge in [0.05, 0.1) is 26.3 Å². The van der Waals surface area contributed by atoms with Crippen molar-refractivity contribution in [2.45, 2.75) is 26.3 Å². The lowest BCUT2D eigenvalue weighted by Gasteiger charge is -2.36. The van der Waals surface area contributed by atoms with Crippen LogP contribution in [0.2, 0.25) is 0 Å². The van der Waals surface area contributed by atoms with Crippen molar-refractivity contribution in [3.05, 3.63) is 16.1 Å². The van der Waals surface area contributed by atoms with Crippen molar-refractivity contribution in [3.8, 4) is 0 Å². The number of hydrogen-bond acceptors (Lipinski definition) is 6. The van der Waals surface area contributed by atoms with Crippen molar-refractivity contribution in [2.75, 3.05) is 59.0 Å². The second-order valence-electron chi connectivity index (χ2n) is 6.86. The third-order valence-corrected chi connectivity index (χ3v) is 5.97. The van der Waals surface area contributed by atoms with Crippen molar-refractivity contribution in [2.24, 2.45) is 0 Å². The number of nitrogens with zero attached hydrogens (tertiary/aromatic N) is 4. The maximum absolute atomic E-state index is 12.4. The Bertz CT molecular complexity index is 534. The molecule has 2 saturated heterocycles. The van der Waals surface area contributed by atoms with E-state index in [-0.39, 0.29) is 5.91 Å². The molecule has 2 aliphatic rings. The molecule has 0 bridgehead atoms. The van der Waals surface area contributed by atoms with Gasteiger partial charge in [-0.05, 0) is 5.92 Å². The number of piperazine rings is 1. The summed E-state index contributed by atoms with van der Waals surface area (Å²) in [6.45, 7) is 12.6. The maximum atomic E-state index is 12.4. The Morgan fingerprint density at radius 3 is 2.50 bits per heavy atom. The zero-order chi connectivity index (χ0) is 16.9. The summed E-state index contributed by atoms with van der Waals surface area (Å²) < 4.78 is 5.34. The van der Waals surface area contributed by atoms with Crippen LogP contribution in [0, 0.1) is 0 Å². The van der Waals surface area contributed by atoms with Gasteiger partial charge < -0.3 is 9.64 Å². The van der Waals surface area contributed by atoms with Crippen LogP contribution in [0.15, 0.2) is 6.20 Å². The molecular weight excluding hydrogens is 324 g/mol. The zero-order valence-corrected chi connectivity index (χ0v) is 15.6. The minimum atomic E-state index is 0.257. The number of carbonyl (C=O) groups is 1. The van der Waals surface area contributed by atoms with E-state index in [9.17, 15) is 4.79 Å². The molecule has 6 nitrogen and oxygen atoms in total. The second kappa shape index (κ2) is 8.38. The summed E-state index contributed by atoms with van der Waals surface area (Å²) in [6, 6.07) is 0. The first-order valence-corrected chi connectivity index (χ1v) is 9.68. The summed E-state index contributed by atoms with van der Waals surface area (Å²) in [6.07, 6.45) is 2.01. The minimum Gasteiger partial charge on any atom is -0.379 e. The number of ether oxygens (including phenoxy) is 1. The van der Waals surface area contributed by atoms with E-state index in [1.165, 1.54) is 9.88 Å². The standard InChI is InChI=1S/C17H28N4O2S/c1-14(2)15-11-18-16(24-15)12-19-3-5-21(6-4-19)17(22)13-20-7-9-23-10-8-20/h11,14H,3-10,12-13H2,1-2H3. The number of carbonyl (C=O) groups excluding carboxylic acids is 1. The molecule has 2 fully saturated rings. The summed E-state index contributed by atoms with van der Waals surface area (Å²) in [4.78, 5) is 24.9. The predicted octanol–water partition coefficient (Wildman–Crippen LogP) is 1.24. The van der Waals surface area contributed by atoms with Gasteiger partial charge in [-0.2, -0.15) is 0 Å². The molecule has 0 aromatic carbocycles. The average Bonchev–Trinajstić information content (AvgIpc) is 3.05. The fourth-order valence-corrected chi connectivity index (χ4v) is 4.03. The van der Waals surface area contributed by atoms with Crippen molar-refractivity contribution in [1.29, 1.82) is 0 Å². The van der Waals surface area contributed by atoms with Gasteiger partial charge in [0, 0.05) is 50.3 Å². The molecule has 1 aromatic heterocycles. The smallest absolute Gasteiger partial charge is 0.236 e. The molecule has 1 amide bonds. The Hall–Kier alpha value is -1.02. The van der Waals surface area contributed by atoms with Gasteiger partial charge in [-0.3, -0.25) is 14.6 Å². The van der Waals surface area contributed by atoms with E-state index in [1.54, 1.807) is 0 Å². The van der Waals surface area contributed by atoms with Crippen LogP contribution in [0.4, 0.5) is 0 Å². The van der Waals surface area contributed by atoms with Gasteiger partial charge in [-0.25, -0.2) is 4.98 Å². The number of aromatic nitrogens is 1. The first-order chi connectivity index (χ1) is 11.6. The number of thiazole rings is 1. The lowest BCUT2D eigenvalue weighted by molar-refractivity contribution is -0.135. The summed E-state index contributed by atoms with van der Waals surface area (Å²) in [5, 5.41) is 1.19. The third kappa shape index (κ3) is 4.75. The van der Waals surface area contributed by atoms with Gasteiger partial charge in [-0.15, -0.1) is 11.3 Å². The lowest BCUT2D eigenvalue weighted by Crippen LogP contribution is -2.51. The summed E-state index contributed by atoms with van der Waals surface area (Å²) in [5.74, 6) is 0.804. The molecule has 3 heterocycles. The topological polar surface area (TPSA) is 48.9 Å². The van der Waals surface area contributed by atoms with Crippen LogP contribution in [0.5, 0.6) is 0 Å². The van der Waals surface area contributed by atoms with Crippen molar-refractivity contribution < 1.29 is 9.53 Å². The van der Waals surface area contributed by atoms with Crippen LogP contribution in [0.3, 0.4) is 0 Å². The van der Waals surface area contributed by atoms with E-state index in [4.69, 9.17) is 4.74 Å². The van der Waals surface area contributed by atoms with Crippen LogP contribution in [-0.4, -0.2) is 84.6 Å². The molecule has 0 aliphatic carbocycles. The predicted molar refractivity (Wildman–Crippen MR) is 95.3 cm³/mol. The van der Waals surface area contributed by atoms with Gasteiger partial charge in [0.25, 0.3) is 0 Å². The first kappa shape index (κ1) is 17.8. The van der Waals surface area contributed by atoms with Crippen LogP contribution in [0.25, 0.3) is 0 Å². The van der Waals surface area contributed by atoms with Crippen molar-refractivity contribution in [1.82, 2.24) is 19.7 Å². The molecule has 0 unspecified atom stereocenters. The van der Waals surface area contributed by atoms with Crippen molar-refractivity contribution in [3.63, 3.8) is 0 Å². The Morgan fingerprint density at radius 2 is 1.88 bits per heavy atom. The number of amides is 1. The van der Waals surface area contributed by atoms with Gasteiger partial charge in [0.15, 0.2) is 0 Å². The minimum absolute atomic E-state index is 0.257. The van der Waals surface area contributed by atoms with Gasteiger partial charge in [-0.1, -0.05) is 13.8 Å². The second-order valence-corrected chi connectivity index (χ2v) is 8.00. The van der Waals surface area contributed by atoms with Crippen molar-refractivity contribution >= 4 is 17.2 Å². The molecule has 0 spiro atoms. The highest BCUT2D eigenvalue weighted by Gasteiger charge is 2.24. The Kier molecular flexibility index (Phi) is 6.21. The maximum Gasteiger partial charge on any atom is 0.236 e. The molecule has 0 radical (unpaired) electrons. The molecule has 0 atom stereocenters. The van der Waals surface area contributed by atoms with E-state index in [2.05, 4.69) is 28.6 Å². The largest absolute Gasteiger partial charge is 0.379 e. The summed E-state index contributed by atoms with van der Waals surface area (Å²) >= 11 is 1.81. The van der Waals surface area contributed by atoms with Gasteiger partial charge in [0.2, 0.25) is 5.91 Å². The van der Waals surface area contributed by atoms with E-state index >= 15 is 0 Å². The fraction of sp³-hybridized carbons (Fsp3) is 0.765. The Balaban J connectivity index is 1.42. The molecule has 24 heavy (non-hydrogen) atoms. The molecule has 0 saturated carbocycles. The Morgan fingerprint density at radius 1 is 1.17 bits per heavy atom. The number of morpholine rings is 1. The summed E-state index contributed by atoms with van der Waals surface area (Å²) in [5.41, 5.74) is 0. The lowest BCUT2D eigenvalue weighted by atomic mass is 10.2. The first-order valence-electron chi connectivity index (χ1n) is 8.86. The number of rotatable bonds is 5. The van der Waals surface area contributed by atoms with E-state index in [0.29, 0.717) is 12.5 Å². The highest BCUT2D eigenvalue weighted by Crippen LogP contribution is 2.23. The molecule has 0 N–H and O–H groups in total.